The monoisotopic (exact) mass is 966 g/mol. The van der Waals surface area contributed by atoms with Crippen molar-refractivity contribution in [3.63, 3.8) is 0 Å². The van der Waals surface area contributed by atoms with Gasteiger partial charge >= 0.3 is 11.9 Å². The van der Waals surface area contributed by atoms with Crippen LogP contribution < -0.4 is 10.2 Å². The molecule has 0 radical (unpaired) electrons. The Balaban J connectivity index is 1.46. The average molecular weight is 967 g/mol. The fourth-order valence-electron chi connectivity index (χ4n) is 6.46. The van der Waals surface area contributed by atoms with Crippen molar-refractivity contribution in [2.24, 2.45) is 16.7 Å². The number of carbonyl (C=O) groups excluding carboxylic acids is 4. The maximum absolute atomic E-state index is 13.8. The largest absolute Gasteiger partial charge is 0.756 e. The molecule has 0 aliphatic rings. The highest BCUT2D eigenvalue weighted by Crippen LogP contribution is 2.38. The summed E-state index contributed by atoms with van der Waals surface area (Å²) in [4.78, 5) is 64.3. The maximum Gasteiger partial charge on any atom is 0.311 e. The van der Waals surface area contributed by atoms with Gasteiger partial charge in [-0.05, 0) is 84.4 Å². The lowest BCUT2D eigenvalue weighted by Gasteiger charge is -2.31. The zero-order valence-electron chi connectivity index (χ0n) is 38.6. The van der Waals surface area contributed by atoms with E-state index in [9.17, 15) is 45.5 Å². The van der Waals surface area contributed by atoms with Gasteiger partial charge in [-0.2, -0.15) is 0 Å². The number of aryl methyl sites for hydroxylation is 2. The molecule has 0 bridgehead atoms. The number of esters is 2. The van der Waals surface area contributed by atoms with Crippen molar-refractivity contribution < 1.29 is 73.2 Å². The molecule has 0 heterocycles. The van der Waals surface area contributed by atoms with Gasteiger partial charge in [-0.1, -0.05) is 47.5 Å². The van der Waals surface area contributed by atoms with Crippen LogP contribution in [0.25, 0.3) is 0 Å². The number of rotatable bonds is 27. The molecule has 3 aromatic rings. The Morgan fingerprint density at radius 1 is 0.646 bits per heavy atom. The molecule has 17 nitrogen and oxygen atoms in total. The molecule has 0 aliphatic heterocycles. The van der Waals surface area contributed by atoms with Crippen LogP contribution in [0.2, 0.25) is 0 Å². The first-order valence-electron chi connectivity index (χ1n) is 20.9. The zero-order valence-corrected chi connectivity index (χ0v) is 41.1. The number of nitrogens with one attached hydrogen (secondary N) is 1. The van der Waals surface area contributed by atoms with Gasteiger partial charge in [-0.15, -0.1) is 0 Å². The van der Waals surface area contributed by atoms with Crippen molar-refractivity contribution >= 4 is 51.1 Å². The molecule has 1 N–H and O–H groups in total. The number of ether oxygens (including phenoxy) is 3. The second-order valence-electron chi connectivity index (χ2n) is 18.0. The smallest absolute Gasteiger partial charge is 0.311 e. The van der Waals surface area contributed by atoms with E-state index in [1.54, 1.807) is 65.8 Å². The molecule has 0 saturated carbocycles. The predicted molar refractivity (Wildman–Crippen MR) is 240 cm³/mol. The van der Waals surface area contributed by atoms with Gasteiger partial charge in [-0.3, -0.25) is 23.7 Å². The van der Waals surface area contributed by atoms with E-state index in [4.69, 9.17) is 23.3 Å². The van der Waals surface area contributed by atoms with Gasteiger partial charge in [0.1, 0.15) is 26.4 Å². The average Bonchev–Trinajstić information content (AvgIpc) is 3.20. The molecule has 20 heteroatoms. The van der Waals surface area contributed by atoms with Crippen LogP contribution in [-0.2, 0) is 57.1 Å². The highest BCUT2D eigenvalue weighted by atomic mass is 32.2. The molecular formula is C45H63N2O15PS2. The van der Waals surface area contributed by atoms with E-state index in [0.717, 1.165) is 11.1 Å². The number of nitrogens with zero attached hydrogens (tertiary/aromatic N) is 1. The number of hydrogen-bond acceptors (Lipinski definition) is 15. The number of hydrogen-bond donors (Lipinski definition) is 1. The zero-order chi connectivity index (χ0) is 48.9. The van der Waals surface area contributed by atoms with E-state index in [1.807, 2.05) is 21.1 Å². The molecule has 3 aromatic carbocycles. The summed E-state index contributed by atoms with van der Waals surface area (Å²) in [5.74, 6) is -5.43. The normalized spacial score (nSPS) is 13.5. The van der Waals surface area contributed by atoms with E-state index >= 15 is 0 Å². The van der Waals surface area contributed by atoms with Gasteiger partial charge in [0.05, 0.1) is 79.0 Å². The second-order valence-corrected chi connectivity index (χ2v) is 23.5. The van der Waals surface area contributed by atoms with E-state index in [2.05, 4.69) is 5.32 Å². The van der Waals surface area contributed by atoms with Gasteiger partial charge < -0.3 is 38.0 Å². The minimum absolute atomic E-state index is 0.00296. The third-order valence-electron chi connectivity index (χ3n) is 9.96. The number of benzene rings is 3. The van der Waals surface area contributed by atoms with Crippen molar-refractivity contribution in [2.75, 3.05) is 85.4 Å². The van der Waals surface area contributed by atoms with Crippen LogP contribution in [0.3, 0.4) is 0 Å². The number of amides is 1. The van der Waals surface area contributed by atoms with E-state index in [-0.39, 0.29) is 66.9 Å². The van der Waals surface area contributed by atoms with E-state index in [1.165, 1.54) is 48.5 Å². The van der Waals surface area contributed by atoms with Crippen LogP contribution in [-0.4, -0.2) is 130 Å². The van der Waals surface area contributed by atoms with Crippen LogP contribution in [0.15, 0.2) is 82.6 Å². The first-order chi connectivity index (χ1) is 30.0. The molecule has 0 saturated heterocycles. The Bertz CT molecular complexity index is 2280. The van der Waals surface area contributed by atoms with Crippen molar-refractivity contribution in [1.29, 1.82) is 0 Å². The summed E-state index contributed by atoms with van der Waals surface area (Å²) in [5.41, 5.74) is -0.396. The molecule has 0 spiro atoms. The summed E-state index contributed by atoms with van der Waals surface area (Å²) in [6, 6.07) is 17.5. The number of phosphoric acid groups is 1. The Morgan fingerprint density at radius 2 is 1.08 bits per heavy atom. The Labute approximate surface area is 383 Å². The van der Waals surface area contributed by atoms with Gasteiger partial charge in [-0.25, -0.2) is 16.8 Å². The van der Waals surface area contributed by atoms with Gasteiger partial charge in [0.25, 0.3) is 13.7 Å². The standard InChI is InChI=1S/C45H63N2O15PS2/c1-33-10-18-38(19-11-33)64(54,55)30-37(31-65(56,57)39-20-12-34(2)13-21-39)40(48)35-14-16-36(17-15-35)41(49)46-22-24-58-26-27-59-42(50)44(3,4)32-45(5,6)43(51)60-28-29-62-63(52,53)61-25-23-47(7,8)9/h10-21,37H,22-32H2,1-9H3,(H-,46,49,52,53). The van der Waals surface area contributed by atoms with E-state index in [0.29, 0.717) is 11.0 Å². The fourth-order valence-corrected chi connectivity index (χ4v) is 10.4. The third kappa shape index (κ3) is 18.5. The minimum Gasteiger partial charge on any atom is -0.756 e. The van der Waals surface area contributed by atoms with Crippen LogP contribution in [0.1, 0.15) is 66.0 Å². The van der Waals surface area contributed by atoms with Gasteiger partial charge in [0.2, 0.25) is 0 Å². The van der Waals surface area contributed by atoms with Crippen molar-refractivity contribution in [1.82, 2.24) is 5.32 Å². The number of likely N-dealkylation sites (N-methyl/N-ethyl adjacent to an activating group) is 1. The van der Waals surface area contributed by atoms with Crippen LogP contribution in [0.4, 0.5) is 0 Å². The molecule has 0 aromatic heterocycles. The summed E-state index contributed by atoms with van der Waals surface area (Å²) < 4.78 is 91.9. The van der Waals surface area contributed by atoms with Crippen molar-refractivity contribution in [3.05, 3.63) is 95.1 Å². The third-order valence-corrected chi connectivity index (χ3v) is 14.6. The Kier molecular flexibility index (Phi) is 19.8. The SMILES string of the molecule is Cc1ccc(S(=O)(=O)CC(CS(=O)(=O)c2ccc(C)cc2)C(=O)c2ccc(C(=O)NCCOCCOC(=O)C(C)(C)CC(C)(C)C(=O)OCCOP(=O)([O-])OCC[N+](C)(C)C)cc2)cc1. The summed E-state index contributed by atoms with van der Waals surface area (Å²) in [6.07, 6.45) is 0.0429. The van der Waals surface area contributed by atoms with Crippen LogP contribution in [0, 0.1) is 30.6 Å². The maximum atomic E-state index is 13.8. The molecule has 0 fully saturated rings. The number of phosphoric ester groups is 1. The highest BCUT2D eigenvalue weighted by Gasteiger charge is 2.41. The highest BCUT2D eigenvalue weighted by molar-refractivity contribution is 7.92. The summed E-state index contributed by atoms with van der Waals surface area (Å²) >= 11 is 0. The number of carbonyl (C=O) groups is 4. The molecular weight excluding hydrogens is 904 g/mol. The number of Topliss-reactive ketones (excluding diaryl/α,β-unsaturated/α-hetero) is 1. The molecule has 3 rings (SSSR count). The molecule has 0 aliphatic carbocycles. The Hall–Kier alpha value is -4.33. The van der Waals surface area contributed by atoms with Gasteiger partial charge in [0, 0.05) is 17.7 Å². The topological polar surface area (TPSA) is 235 Å². The quantitative estimate of drug-likeness (QED) is 0.0363. The lowest BCUT2D eigenvalue weighted by Crippen LogP contribution is -2.38. The fraction of sp³-hybridized carbons (Fsp3) is 0.511. The van der Waals surface area contributed by atoms with Crippen LogP contribution in [0.5, 0.6) is 0 Å². The van der Waals surface area contributed by atoms with E-state index < -0.39 is 86.0 Å². The van der Waals surface area contributed by atoms with Crippen LogP contribution >= 0.6 is 7.82 Å². The van der Waals surface area contributed by atoms with Gasteiger partial charge in [0.15, 0.2) is 25.5 Å². The summed E-state index contributed by atoms with van der Waals surface area (Å²) in [6.45, 7) is 9.60. The molecule has 65 heavy (non-hydrogen) atoms. The number of ketones is 1. The minimum atomic E-state index is -4.57. The second kappa shape index (κ2) is 23.4. The lowest BCUT2D eigenvalue weighted by molar-refractivity contribution is -0.870. The molecule has 1 atom stereocenters. The summed E-state index contributed by atoms with van der Waals surface area (Å²) in [5, 5.41) is 2.67. The van der Waals surface area contributed by atoms with Crippen molar-refractivity contribution in [3.8, 4) is 0 Å². The van der Waals surface area contributed by atoms with Crippen molar-refractivity contribution in [2.45, 2.75) is 57.8 Å². The lowest BCUT2D eigenvalue weighted by atomic mass is 9.75. The first-order valence-corrected chi connectivity index (χ1v) is 25.6. The summed E-state index contributed by atoms with van der Waals surface area (Å²) in [7, 11) is -7.10. The molecule has 1 unspecified atom stereocenters. The Morgan fingerprint density at radius 3 is 1.54 bits per heavy atom. The molecule has 360 valence electrons. The molecule has 1 amide bonds. The number of sulfone groups is 2. The first kappa shape index (κ1) is 55.0. The number of quaternary nitrogens is 1. The predicted octanol–water partition coefficient (Wildman–Crippen LogP) is 4.53.